The van der Waals surface area contributed by atoms with Crippen molar-refractivity contribution in [2.24, 2.45) is 0 Å². The molecule has 160 valence electrons. The van der Waals surface area contributed by atoms with Crippen molar-refractivity contribution in [3.05, 3.63) is 53.5 Å². The molecule has 1 aliphatic heterocycles. The fraction of sp³-hybridized carbons (Fsp3) is 0.286. The molecule has 0 aliphatic carbocycles. The quantitative estimate of drug-likeness (QED) is 0.513. The molecule has 1 aliphatic rings. The van der Waals surface area contributed by atoms with Crippen molar-refractivity contribution >= 4 is 26.6 Å². The summed E-state index contributed by atoms with van der Waals surface area (Å²) in [5.41, 5.74) is 3.06. The van der Waals surface area contributed by atoms with Crippen LogP contribution in [0.3, 0.4) is 0 Å². The Morgan fingerprint density at radius 1 is 1.13 bits per heavy atom. The smallest absolute Gasteiger partial charge is 0.251 e. The molecule has 4 aromatic rings. The lowest BCUT2D eigenvalue weighted by Crippen LogP contribution is -2.37. The minimum atomic E-state index is -3.57. The van der Waals surface area contributed by atoms with Crippen LogP contribution in [0.25, 0.3) is 27.7 Å². The summed E-state index contributed by atoms with van der Waals surface area (Å²) in [5, 5.41) is 16.5. The maximum Gasteiger partial charge on any atom is 0.251 e. The van der Waals surface area contributed by atoms with E-state index in [1.807, 2.05) is 38.3 Å². The van der Waals surface area contributed by atoms with Crippen LogP contribution in [0.4, 0.5) is 10.1 Å². The molecular formula is C21H21FN6O2S. The zero-order chi connectivity index (χ0) is 22.3. The fourth-order valence-corrected chi connectivity index (χ4v) is 5.08. The van der Waals surface area contributed by atoms with Crippen LogP contribution in [-0.2, 0) is 15.6 Å². The summed E-state index contributed by atoms with van der Waals surface area (Å²) in [4.78, 5) is 0. The number of hydrogen-bond donors (Lipinski definition) is 1. The molecule has 0 saturated carbocycles. The first-order valence-corrected chi connectivity index (χ1v) is 11.6. The molecule has 5 rings (SSSR count). The van der Waals surface area contributed by atoms with Gasteiger partial charge in [-0.2, -0.15) is 9.19 Å². The third-order valence-corrected chi connectivity index (χ3v) is 6.66. The molecular weight excluding hydrogens is 419 g/mol. The minimum absolute atomic E-state index is 0.389. The highest BCUT2D eigenvalue weighted by atomic mass is 32.2. The van der Waals surface area contributed by atoms with Gasteiger partial charge in [0, 0.05) is 5.39 Å². The van der Waals surface area contributed by atoms with Crippen molar-refractivity contribution in [2.45, 2.75) is 33.2 Å². The normalized spacial score (nSPS) is 14.9. The molecule has 31 heavy (non-hydrogen) atoms. The van der Waals surface area contributed by atoms with E-state index < -0.39 is 21.4 Å². The molecule has 0 saturated heterocycles. The number of halogens is 1. The first kappa shape index (κ1) is 19.7. The van der Waals surface area contributed by atoms with Gasteiger partial charge in [0.15, 0.2) is 5.82 Å². The maximum absolute atomic E-state index is 15.4. The Hall–Kier alpha value is -3.27. The van der Waals surface area contributed by atoms with Gasteiger partial charge < -0.3 is 5.32 Å². The molecule has 2 aromatic heterocycles. The molecule has 0 fully saturated rings. The van der Waals surface area contributed by atoms with Gasteiger partial charge in [-0.05, 0) is 56.5 Å². The van der Waals surface area contributed by atoms with Crippen molar-refractivity contribution in [1.29, 1.82) is 0 Å². The van der Waals surface area contributed by atoms with E-state index in [1.165, 1.54) is 12.3 Å². The monoisotopic (exact) mass is 440 g/mol. The van der Waals surface area contributed by atoms with Crippen molar-refractivity contribution in [2.75, 3.05) is 11.6 Å². The molecule has 10 heteroatoms. The van der Waals surface area contributed by atoms with E-state index in [0.29, 0.717) is 45.1 Å². The third-order valence-electron chi connectivity index (χ3n) is 5.74. The molecule has 2 aromatic carbocycles. The first-order chi connectivity index (χ1) is 14.5. The molecule has 0 spiro atoms. The highest BCUT2D eigenvalue weighted by Crippen LogP contribution is 2.44. The van der Waals surface area contributed by atoms with Gasteiger partial charge in [0.05, 0.1) is 34.9 Å². The summed E-state index contributed by atoms with van der Waals surface area (Å²) in [6, 6.07) is 6.75. The molecule has 0 atom stereocenters. The molecule has 3 heterocycles. The molecule has 1 N–H and O–H groups in total. The van der Waals surface area contributed by atoms with Gasteiger partial charge in [0.25, 0.3) is 10.0 Å². The van der Waals surface area contributed by atoms with Gasteiger partial charge in [0.2, 0.25) is 0 Å². The summed E-state index contributed by atoms with van der Waals surface area (Å²) in [6.45, 7) is 7.61. The van der Waals surface area contributed by atoms with E-state index in [9.17, 15) is 8.42 Å². The van der Waals surface area contributed by atoms with Crippen LogP contribution in [-0.4, -0.2) is 38.6 Å². The average Bonchev–Trinajstić information content (AvgIpc) is 3.29. The zero-order valence-electron chi connectivity index (χ0n) is 17.7. The summed E-state index contributed by atoms with van der Waals surface area (Å²) in [5.74, 6) is 0.948. The van der Waals surface area contributed by atoms with Crippen LogP contribution >= 0.6 is 0 Å². The van der Waals surface area contributed by atoms with E-state index in [4.69, 9.17) is 0 Å². The van der Waals surface area contributed by atoms with Gasteiger partial charge in [-0.3, -0.25) is 4.57 Å². The standard InChI is InChI=1S/C21H21FN6O2S/c1-11-14(13-7-6-8-17-15(13)10-23-28(17)31(5,29)30)9-16(22)18-19(11)27-12(2)25-26-20(27)21(3,4)24-18/h6-10,24H,1-5H3. The second-order valence-corrected chi connectivity index (χ2v) is 10.2. The number of fused-ring (bicyclic) bond motifs is 4. The zero-order valence-corrected chi connectivity index (χ0v) is 18.5. The second-order valence-electron chi connectivity index (χ2n) is 8.40. The van der Waals surface area contributed by atoms with Crippen molar-refractivity contribution < 1.29 is 12.8 Å². The van der Waals surface area contributed by atoms with E-state index in [1.54, 1.807) is 12.1 Å². The number of nitrogens with zero attached hydrogens (tertiary/aromatic N) is 5. The van der Waals surface area contributed by atoms with Crippen LogP contribution in [0.2, 0.25) is 0 Å². The topological polar surface area (TPSA) is 94.7 Å². The van der Waals surface area contributed by atoms with Crippen LogP contribution in [0.15, 0.2) is 30.5 Å². The minimum Gasteiger partial charge on any atom is -0.369 e. The predicted molar refractivity (Wildman–Crippen MR) is 116 cm³/mol. The molecule has 8 nitrogen and oxygen atoms in total. The third kappa shape index (κ3) is 2.71. The fourth-order valence-electron chi connectivity index (χ4n) is 4.34. The number of aromatic nitrogens is 5. The Balaban J connectivity index is 1.84. The molecule has 0 amide bonds. The van der Waals surface area contributed by atoms with E-state index in [-0.39, 0.29) is 0 Å². The lowest BCUT2D eigenvalue weighted by Gasteiger charge is -2.35. The number of hydrogen-bond acceptors (Lipinski definition) is 6. The highest BCUT2D eigenvalue weighted by molar-refractivity contribution is 7.89. The predicted octanol–water partition coefficient (Wildman–Crippen LogP) is 3.51. The first-order valence-electron chi connectivity index (χ1n) is 9.72. The van der Waals surface area contributed by atoms with Gasteiger partial charge in [-0.25, -0.2) is 12.8 Å². The van der Waals surface area contributed by atoms with E-state index >= 15 is 4.39 Å². The Kier molecular flexibility index (Phi) is 3.89. The largest absolute Gasteiger partial charge is 0.369 e. The number of benzene rings is 2. The molecule has 0 bridgehead atoms. The number of anilines is 1. The Morgan fingerprint density at radius 3 is 2.58 bits per heavy atom. The van der Waals surface area contributed by atoms with Gasteiger partial charge in [0.1, 0.15) is 11.6 Å². The summed E-state index contributed by atoms with van der Waals surface area (Å²) in [6.07, 6.45) is 2.60. The summed E-state index contributed by atoms with van der Waals surface area (Å²) < 4.78 is 42.5. The Morgan fingerprint density at radius 2 is 1.87 bits per heavy atom. The van der Waals surface area contributed by atoms with Gasteiger partial charge in [-0.1, -0.05) is 12.1 Å². The summed E-state index contributed by atoms with van der Waals surface area (Å²) >= 11 is 0. The van der Waals surface area contributed by atoms with Crippen molar-refractivity contribution in [3.8, 4) is 16.8 Å². The number of aryl methyl sites for hydroxylation is 1. The van der Waals surface area contributed by atoms with Gasteiger partial charge in [-0.15, -0.1) is 10.2 Å². The van der Waals surface area contributed by atoms with E-state index in [2.05, 4.69) is 20.6 Å². The number of rotatable bonds is 2. The van der Waals surface area contributed by atoms with Gasteiger partial charge >= 0.3 is 0 Å². The lowest BCUT2D eigenvalue weighted by molar-refractivity contribution is 0.521. The molecule has 0 unspecified atom stereocenters. The Bertz CT molecular complexity index is 1500. The SMILES string of the molecule is Cc1c(-c2cccc3c2cnn3S(C)(=O)=O)cc(F)c2c1-n1c(C)nnc1C(C)(C)N2. The summed E-state index contributed by atoms with van der Waals surface area (Å²) in [7, 11) is -3.57. The van der Waals surface area contributed by atoms with Crippen molar-refractivity contribution in [3.63, 3.8) is 0 Å². The Labute approximate surface area is 178 Å². The molecule has 0 radical (unpaired) electrons. The van der Waals surface area contributed by atoms with Crippen LogP contribution in [0.1, 0.15) is 31.1 Å². The average molecular weight is 441 g/mol. The lowest BCUT2D eigenvalue weighted by atomic mass is 9.92. The van der Waals surface area contributed by atoms with Crippen LogP contribution < -0.4 is 5.32 Å². The van der Waals surface area contributed by atoms with E-state index in [0.717, 1.165) is 15.9 Å². The number of nitrogens with one attached hydrogen (secondary N) is 1. The highest BCUT2D eigenvalue weighted by Gasteiger charge is 2.37. The van der Waals surface area contributed by atoms with Crippen LogP contribution in [0.5, 0.6) is 0 Å². The maximum atomic E-state index is 15.4. The second kappa shape index (κ2) is 6.13. The van der Waals surface area contributed by atoms with Crippen molar-refractivity contribution in [1.82, 2.24) is 24.0 Å². The van der Waals surface area contributed by atoms with Crippen LogP contribution in [0, 0.1) is 19.7 Å².